The lowest BCUT2D eigenvalue weighted by Gasteiger charge is -2.05. The maximum atomic E-state index is 12.6. The lowest BCUT2D eigenvalue weighted by Crippen LogP contribution is -2.24. The second-order valence-corrected chi connectivity index (χ2v) is 5.45. The van der Waals surface area contributed by atoms with Gasteiger partial charge >= 0.3 is 6.18 Å². The highest BCUT2D eigenvalue weighted by molar-refractivity contribution is 5.97. The Hall–Kier alpha value is -3.07. The van der Waals surface area contributed by atoms with Gasteiger partial charge in [0.05, 0.1) is 12.1 Å². The summed E-state index contributed by atoms with van der Waals surface area (Å²) in [6.45, 7) is -0.00535. The summed E-state index contributed by atoms with van der Waals surface area (Å²) in [5.41, 5.74) is -0.00859. The lowest BCUT2D eigenvalue weighted by atomic mass is 10.1. The normalized spacial score (nSPS) is 10.6. The number of carbonyl (C=O) groups is 2. The Morgan fingerprint density at radius 3 is 2.38 bits per heavy atom. The Kier molecular flexibility index (Phi) is 6.56. The number of alkyl halides is 3. The van der Waals surface area contributed by atoms with Crippen molar-refractivity contribution in [1.29, 1.82) is 0 Å². The van der Waals surface area contributed by atoms with Gasteiger partial charge in [0.15, 0.2) is 5.78 Å². The third-order valence-electron chi connectivity index (χ3n) is 3.47. The number of hydrogen-bond acceptors (Lipinski definition) is 2. The maximum absolute atomic E-state index is 12.6. The van der Waals surface area contributed by atoms with Crippen molar-refractivity contribution in [2.75, 3.05) is 6.54 Å². The van der Waals surface area contributed by atoms with E-state index in [4.69, 9.17) is 0 Å². The SMILES string of the molecule is O=C(CCC(=O)c1ccccc1)NCC#Cc1cccc(C(F)(F)F)c1. The average molecular weight is 359 g/mol. The largest absolute Gasteiger partial charge is 0.416 e. The first-order valence-electron chi connectivity index (χ1n) is 7.87. The molecule has 1 N–H and O–H groups in total. The molecule has 0 aliphatic carbocycles. The molecule has 0 spiro atoms. The van der Waals surface area contributed by atoms with Crippen LogP contribution in [0.5, 0.6) is 0 Å². The van der Waals surface area contributed by atoms with Crippen LogP contribution in [0, 0.1) is 11.8 Å². The van der Waals surface area contributed by atoms with Crippen LogP contribution in [0.25, 0.3) is 0 Å². The number of hydrogen-bond donors (Lipinski definition) is 1. The summed E-state index contributed by atoms with van der Waals surface area (Å²) < 4.78 is 37.8. The highest BCUT2D eigenvalue weighted by atomic mass is 19.4. The van der Waals surface area contributed by atoms with Crippen molar-refractivity contribution in [2.24, 2.45) is 0 Å². The number of Topliss-reactive ketones (excluding diaryl/α,β-unsaturated/α-hetero) is 1. The molecule has 0 saturated heterocycles. The second-order valence-electron chi connectivity index (χ2n) is 5.45. The van der Waals surface area contributed by atoms with Crippen LogP contribution in [-0.4, -0.2) is 18.2 Å². The topological polar surface area (TPSA) is 46.2 Å². The van der Waals surface area contributed by atoms with E-state index in [-0.39, 0.29) is 36.6 Å². The minimum atomic E-state index is -4.42. The molecule has 6 heteroatoms. The first-order chi connectivity index (χ1) is 12.4. The standard InChI is InChI=1S/C20H16F3NO2/c21-20(22,23)17-10-4-6-15(14-17)7-5-13-24-19(26)12-11-18(25)16-8-2-1-3-9-16/h1-4,6,8-10,14H,11-13H2,(H,24,26). The van der Waals surface area contributed by atoms with Crippen LogP contribution in [0.1, 0.15) is 34.3 Å². The minimum absolute atomic E-state index is 0.00535. The summed E-state index contributed by atoms with van der Waals surface area (Å²) in [4.78, 5) is 23.6. The van der Waals surface area contributed by atoms with Crippen molar-refractivity contribution < 1.29 is 22.8 Å². The van der Waals surface area contributed by atoms with Crippen LogP contribution in [-0.2, 0) is 11.0 Å². The van der Waals surface area contributed by atoms with E-state index in [0.29, 0.717) is 5.56 Å². The number of carbonyl (C=O) groups excluding carboxylic acids is 2. The number of ketones is 1. The number of amides is 1. The first-order valence-corrected chi connectivity index (χ1v) is 7.87. The molecule has 2 aromatic carbocycles. The van der Waals surface area contributed by atoms with Crippen molar-refractivity contribution in [3.63, 3.8) is 0 Å². The molecular weight excluding hydrogens is 343 g/mol. The molecule has 0 saturated carbocycles. The van der Waals surface area contributed by atoms with Gasteiger partial charge in [0.25, 0.3) is 0 Å². The molecule has 0 atom stereocenters. The monoisotopic (exact) mass is 359 g/mol. The quantitative estimate of drug-likeness (QED) is 0.651. The van der Waals surface area contributed by atoms with Crippen LogP contribution >= 0.6 is 0 Å². The molecule has 0 fully saturated rings. The van der Waals surface area contributed by atoms with E-state index in [1.165, 1.54) is 12.1 Å². The Bertz CT molecular complexity index is 833. The van der Waals surface area contributed by atoms with Crippen LogP contribution < -0.4 is 5.32 Å². The predicted molar refractivity (Wildman–Crippen MR) is 91.3 cm³/mol. The summed E-state index contributed by atoms with van der Waals surface area (Å²) in [7, 11) is 0. The Morgan fingerprint density at radius 2 is 1.69 bits per heavy atom. The van der Waals surface area contributed by atoms with E-state index in [1.807, 2.05) is 0 Å². The van der Waals surface area contributed by atoms with Gasteiger partial charge in [-0.05, 0) is 18.2 Å². The van der Waals surface area contributed by atoms with E-state index < -0.39 is 11.7 Å². The summed E-state index contributed by atoms with van der Waals surface area (Å²) >= 11 is 0. The van der Waals surface area contributed by atoms with E-state index in [1.54, 1.807) is 30.3 Å². The van der Waals surface area contributed by atoms with Crippen LogP contribution in [0.2, 0.25) is 0 Å². The van der Waals surface area contributed by atoms with Gasteiger partial charge < -0.3 is 5.32 Å². The summed E-state index contributed by atoms with van der Waals surface area (Å²) in [5.74, 6) is 4.70. The Labute approximate surface area is 149 Å². The van der Waals surface area contributed by atoms with Gasteiger partial charge in [-0.1, -0.05) is 48.2 Å². The van der Waals surface area contributed by atoms with Gasteiger partial charge in [-0.25, -0.2) is 0 Å². The highest BCUT2D eigenvalue weighted by Gasteiger charge is 2.30. The Balaban J connectivity index is 1.79. The third-order valence-corrected chi connectivity index (χ3v) is 3.47. The van der Waals surface area contributed by atoms with E-state index in [0.717, 1.165) is 12.1 Å². The molecule has 0 aliphatic rings. The van der Waals surface area contributed by atoms with E-state index in [2.05, 4.69) is 17.2 Å². The van der Waals surface area contributed by atoms with Crippen molar-refractivity contribution in [1.82, 2.24) is 5.32 Å². The molecule has 0 aliphatic heterocycles. The molecule has 3 nitrogen and oxygen atoms in total. The highest BCUT2D eigenvalue weighted by Crippen LogP contribution is 2.29. The lowest BCUT2D eigenvalue weighted by molar-refractivity contribution is -0.137. The van der Waals surface area contributed by atoms with Gasteiger partial charge in [-0.2, -0.15) is 13.2 Å². The zero-order chi connectivity index (χ0) is 19.0. The van der Waals surface area contributed by atoms with Crippen molar-refractivity contribution >= 4 is 11.7 Å². The summed E-state index contributed by atoms with van der Waals surface area (Å²) in [5, 5.41) is 2.52. The number of nitrogens with one attached hydrogen (secondary N) is 1. The van der Waals surface area contributed by atoms with E-state index >= 15 is 0 Å². The molecule has 0 aromatic heterocycles. The third kappa shape index (κ3) is 6.10. The summed E-state index contributed by atoms with van der Waals surface area (Å²) in [6.07, 6.45) is -4.31. The van der Waals surface area contributed by atoms with Gasteiger partial charge in [-0.3, -0.25) is 9.59 Å². The summed E-state index contributed by atoms with van der Waals surface area (Å²) in [6, 6.07) is 13.3. The average Bonchev–Trinajstić information content (AvgIpc) is 2.63. The zero-order valence-electron chi connectivity index (χ0n) is 13.8. The van der Waals surface area contributed by atoms with Gasteiger partial charge in [-0.15, -0.1) is 0 Å². The fourth-order valence-electron chi connectivity index (χ4n) is 2.15. The zero-order valence-corrected chi connectivity index (χ0v) is 13.8. The fourth-order valence-corrected chi connectivity index (χ4v) is 2.15. The predicted octanol–water partition coefficient (Wildman–Crippen LogP) is 3.84. The maximum Gasteiger partial charge on any atom is 0.416 e. The van der Waals surface area contributed by atoms with Crippen LogP contribution in [0.4, 0.5) is 13.2 Å². The van der Waals surface area contributed by atoms with Crippen LogP contribution in [0.15, 0.2) is 54.6 Å². The first kappa shape index (κ1) is 19.3. The molecule has 1 amide bonds. The molecule has 134 valence electrons. The van der Waals surface area contributed by atoms with Crippen molar-refractivity contribution in [2.45, 2.75) is 19.0 Å². The van der Waals surface area contributed by atoms with Crippen molar-refractivity contribution in [3.05, 3.63) is 71.3 Å². The number of rotatable bonds is 5. The van der Waals surface area contributed by atoms with Gasteiger partial charge in [0.2, 0.25) is 5.91 Å². The molecule has 0 unspecified atom stereocenters. The van der Waals surface area contributed by atoms with Crippen LogP contribution in [0.3, 0.4) is 0 Å². The number of halogens is 3. The minimum Gasteiger partial charge on any atom is -0.345 e. The van der Waals surface area contributed by atoms with Gasteiger partial charge in [0, 0.05) is 24.0 Å². The van der Waals surface area contributed by atoms with Gasteiger partial charge in [0.1, 0.15) is 0 Å². The fraction of sp³-hybridized carbons (Fsp3) is 0.200. The van der Waals surface area contributed by atoms with E-state index in [9.17, 15) is 22.8 Å². The van der Waals surface area contributed by atoms with Crippen molar-refractivity contribution in [3.8, 4) is 11.8 Å². The molecule has 0 heterocycles. The molecule has 0 bridgehead atoms. The molecule has 2 aromatic rings. The second kappa shape index (κ2) is 8.86. The molecule has 26 heavy (non-hydrogen) atoms. The molecule has 0 radical (unpaired) electrons. The molecular formula is C20H16F3NO2. The molecule has 2 rings (SSSR count). The Morgan fingerprint density at radius 1 is 0.962 bits per heavy atom. The smallest absolute Gasteiger partial charge is 0.345 e. The number of benzene rings is 2.